The second kappa shape index (κ2) is 6.61. The van der Waals surface area contributed by atoms with Crippen LogP contribution < -0.4 is 0 Å². The van der Waals surface area contributed by atoms with Gasteiger partial charge in [-0.1, -0.05) is 25.5 Å². The van der Waals surface area contributed by atoms with Gasteiger partial charge in [0, 0.05) is 24.6 Å². The first-order chi connectivity index (χ1) is 12.7. The Morgan fingerprint density at radius 3 is 2.56 bits per heavy atom. The average molecular weight is 393 g/mol. The molecule has 0 unspecified atom stereocenters. The number of fused-ring (bicyclic) bond motifs is 5. The summed E-state index contributed by atoms with van der Waals surface area (Å²) in [6.07, 6.45) is 9.85. The Morgan fingerprint density at radius 1 is 1.15 bits per heavy atom. The molecule has 0 N–H and O–H groups in total. The van der Waals surface area contributed by atoms with Crippen LogP contribution in [0.1, 0.15) is 72.6 Å². The Kier molecular flexibility index (Phi) is 4.77. The van der Waals surface area contributed by atoms with Crippen LogP contribution in [0.15, 0.2) is 11.6 Å². The van der Waals surface area contributed by atoms with Gasteiger partial charge in [0.25, 0.3) is 0 Å². The number of carbonyl (C=O) groups is 2. The van der Waals surface area contributed by atoms with E-state index in [0.29, 0.717) is 17.8 Å². The van der Waals surface area contributed by atoms with E-state index in [0.717, 1.165) is 38.5 Å². The van der Waals surface area contributed by atoms with Gasteiger partial charge in [-0.3, -0.25) is 9.59 Å². The van der Waals surface area contributed by atoms with Gasteiger partial charge in [-0.25, -0.2) is 0 Å². The summed E-state index contributed by atoms with van der Waals surface area (Å²) in [6.45, 7) is 8.02. The van der Waals surface area contributed by atoms with Crippen molar-refractivity contribution >= 4 is 23.4 Å². The quantitative estimate of drug-likeness (QED) is 0.363. The lowest BCUT2D eigenvalue weighted by Gasteiger charge is -2.57. The summed E-state index contributed by atoms with van der Waals surface area (Å²) >= 11 is 6.72. The zero-order valence-electron chi connectivity index (χ0n) is 17.1. The molecule has 0 aliphatic heterocycles. The lowest BCUT2D eigenvalue weighted by atomic mass is 9.47. The SMILES string of the molecule is CC(=O)O[C@@H]1CC[C@@]2(C)C(=CC[C@@H]3[C@H]4C[C@@H](Cl)[C@H](C(C)=O)[C@@]4(C)CC[C@@H]32)C1. The number of alkyl halides is 1. The number of halogens is 1. The van der Waals surface area contributed by atoms with E-state index >= 15 is 0 Å². The molecule has 0 saturated heterocycles. The van der Waals surface area contributed by atoms with Gasteiger partial charge in [0.05, 0.1) is 0 Å². The van der Waals surface area contributed by atoms with E-state index in [9.17, 15) is 9.59 Å². The van der Waals surface area contributed by atoms with Crippen LogP contribution in [0.3, 0.4) is 0 Å². The molecule has 3 fully saturated rings. The third kappa shape index (κ3) is 2.91. The zero-order chi connectivity index (χ0) is 19.6. The molecule has 0 heterocycles. The Hall–Kier alpha value is -0.830. The molecule has 4 rings (SSSR count). The summed E-state index contributed by atoms with van der Waals surface area (Å²) in [5.74, 6) is 1.98. The highest BCUT2D eigenvalue weighted by molar-refractivity contribution is 6.22. The van der Waals surface area contributed by atoms with E-state index in [1.807, 2.05) is 0 Å². The summed E-state index contributed by atoms with van der Waals surface area (Å²) in [7, 11) is 0. The molecule has 0 amide bonds. The van der Waals surface area contributed by atoms with Crippen molar-refractivity contribution in [3.05, 3.63) is 11.6 Å². The van der Waals surface area contributed by atoms with Gasteiger partial charge in [0.2, 0.25) is 0 Å². The van der Waals surface area contributed by atoms with Crippen molar-refractivity contribution in [3.63, 3.8) is 0 Å². The smallest absolute Gasteiger partial charge is 0.302 e. The number of hydrogen-bond donors (Lipinski definition) is 0. The molecule has 3 nitrogen and oxygen atoms in total. The molecule has 150 valence electrons. The predicted octanol–water partition coefficient (Wildman–Crippen LogP) is 5.30. The summed E-state index contributed by atoms with van der Waals surface area (Å²) in [5, 5.41) is -0.00543. The number of allylic oxidation sites excluding steroid dienone is 1. The van der Waals surface area contributed by atoms with Crippen molar-refractivity contribution in [1.82, 2.24) is 0 Å². The fourth-order valence-electron chi connectivity index (χ4n) is 7.65. The zero-order valence-corrected chi connectivity index (χ0v) is 17.8. The van der Waals surface area contributed by atoms with Crippen LogP contribution in [0, 0.1) is 34.5 Å². The fourth-order valence-corrected chi connectivity index (χ4v) is 8.31. The molecule has 0 bridgehead atoms. The van der Waals surface area contributed by atoms with Gasteiger partial charge in [0.1, 0.15) is 11.9 Å². The van der Waals surface area contributed by atoms with Crippen molar-refractivity contribution in [1.29, 1.82) is 0 Å². The van der Waals surface area contributed by atoms with Gasteiger partial charge >= 0.3 is 5.97 Å². The first-order valence-electron chi connectivity index (χ1n) is 10.7. The molecule has 0 aromatic carbocycles. The maximum atomic E-state index is 12.4. The molecule has 4 heteroatoms. The van der Waals surface area contributed by atoms with Crippen molar-refractivity contribution in [2.75, 3.05) is 0 Å². The standard InChI is InChI=1S/C23H33ClO3/c1-13(25)21-20(24)12-19-17-6-5-15-11-16(27-14(2)26)7-9-22(15,3)18(17)8-10-23(19,21)4/h5,16-21H,6-12H2,1-4H3/t16-,17+,18+,19-,20-,21+,22+,23+/m1/s1. The Bertz CT molecular complexity index is 685. The molecule has 0 spiro atoms. The molecule has 0 radical (unpaired) electrons. The third-order valence-electron chi connectivity index (χ3n) is 8.82. The largest absolute Gasteiger partial charge is 0.462 e. The molecule has 4 aliphatic rings. The minimum atomic E-state index is -0.166. The normalized spacial score (nSPS) is 48.7. The number of esters is 1. The number of ketones is 1. The van der Waals surface area contributed by atoms with Gasteiger partial charge < -0.3 is 4.74 Å². The van der Waals surface area contributed by atoms with Crippen LogP contribution in [-0.2, 0) is 14.3 Å². The number of rotatable bonds is 2. The number of Topliss-reactive ketones (excluding diaryl/α,β-unsaturated/α-hetero) is 1. The predicted molar refractivity (Wildman–Crippen MR) is 106 cm³/mol. The van der Waals surface area contributed by atoms with E-state index < -0.39 is 0 Å². The Labute approximate surface area is 168 Å². The lowest BCUT2D eigenvalue weighted by molar-refractivity contribution is -0.149. The summed E-state index contributed by atoms with van der Waals surface area (Å²) in [4.78, 5) is 23.7. The molecular formula is C23H33ClO3. The molecule has 0 aromatic heterocycles. The van der Waals surface area contributed by atoms with Gasteiger partial charge in [-0.15, -0.1) is 11.6 Å². The third-order valence-corrected chi connectivity index (χ3v) is 9.25. The van der Waals surface area contributed by atoms with Gasteiger partial charge in [-0.2, -0.15) is 0 Å². The highest BCUT2D eigenvalue weighted by Gasteiger charge is 2.61. The van der Waals surface area contributed by atoms with Crippen molar-refractivity contribution < 1.29 is 14.3 Å². The first-order valence-corrected chi connectivity index (χ1v) is 11.1. The van der Waals surface area contributed by atoms with E-state index in [-0.39, 0.29) is 40.0 Å². The highest BCUT2D eigenvalue weighted by Crippen LogP contribution is 2.67. The molecule has 0 aromatic rings. The van der Waals surface area contributed by atoms with Crippen LogP contribution in [0.25, 0.3) is 0 Å². The second-order valence-electron chi connectivity index (χ2n) is 10.1. The monoisotopic (exact) mass is 392 g/mol. The van der Waals surface area contributed by atoms with E-state index in [2.05, 4.69) is 19.9 Å². The number of ether oxygens (including phenoxy) is 1. The molecular weight excluding hydrogens is 360 g/mol. The minimum absolute atomic E-state index is 0.00543. The topological polar surface area (TPSA) is 43.4 Å². The van der Waals surface area contributed by atoms with Crippen molar-refractivity contribution in [3.8, 4) is 0 Å². The summed E-state index contributed by atoms with van der Waals surface area (Å²) in [6, 6.07) is 0. The van der Waals surface area contributed by atoms with Crippen LogP contribution >= 0.6 is 11.6 Å². The number of hydrogen-bond acceptors (Lipinski definition) is 3. The van der Waals surface area contributed by atoms with Crippen LogP contribution in [0.5, 0.6) is 0 Å². The van der Waals surface area contributed by atoms with Gasteiger partial charge in [0.15, 0.2) is 0 Å². The molecule has 27 heavy (non-hydrogen) atoms. The molecule has 4 aliphatic carbocycles. The van der Waals surface area contributed by atoms with Crippen molar-refractivity contribution in [2.24, 2.45) is 34.5 Å². The lowest BCUT2D eigenvalue weighted by Crippen LogP contribution is -2.51. The van der Waals surface area contributed by atoms with Crippen LogP contribution in [0.4, 0.5) is 0 Å². The second-order valence-corrected chi connectivity index (χ2v) is 10.7. The van der Waals surface area contributed by atoms with Crippen LogP contribution in [0.2, 0.25) is 0 Å². The van der Waals surface area contributed by atoms with E-state index in [1.165, 1.54) is 18.9 Å². The summed E-state index contributed by atoms with van der Waals surface area (Å²) < 4.78 is 5.53. The summed E-state index contributed by atoms with van der Waals surface area (Å²) in [5.41, 5.74) is 1.79. The average Bonchev–Trinajstić information content (AvgIpc) is 2.85. The van der Waals surface area contributed by atoms with Crippen molar-refractivity contribution in [2.45, 2.75) is 84.1 Å². The molecule has 8 atom stereocenters. The molecule has 3 saturated carbocycles. The Morgan fingerprint density at radius 2 is 1.89 bits per heavy atom. The number of carbonyl (C=O) groups excluding carboxylic acids is 2. The maximum Gasteiger partial charge on any atom is 0.302 e. The maximum absolute atomic E-state index is 12.4. The highest BCUT2D eigenvalue weighted by atomic mass is 35.5. The van der Waals surface area contributed by atoms with E-state index in [1.54, 1.807) is 6.92 Å². The van der Waals surface area contributed by atoms with Gasteiger partial charge in [-0.05, 0) is 74.0 Å². The fraction of sp³-hybridized carbons (Fsp3) is 0.826. The first kappa shape index (κ1) is 19.5. The van der Waals surface area contributed by atoms with Crippen LogP contribution in [-0.4, -0.2) is 23.2 Å². The van der Waals surface area contributed by atoms with E-state index in [4.69, 9.17) is 16.3 Å². The minimum Gasteiger partial charge on any atom is -0.462 e. The Balaban J connectivity index is 1.61.